The van der Waals surface area contributed by atoms with Gasteiger partial charge in [0.1, 0.15) is 5.75 Å². The topological polar surface area (TPSA) is 60.2 Å². The quantitative estimate of drug-likeness (QED) is 0.939. The minimum atomic E-state index is 0.0478. The second kappa shape index (κ2) is 5.96. The van der Waals surface area contributed by atoms with Crippen molar-refractivity contribution in [3.8, 4) is 5.75 Å². The monoisotopic (exact) mass is 313 g/mol. The molecule has 2 aliphatic rings. The van der Waals surface area contributed by atoms with Crippen molar-refractivity contribution >= 4 is 0 Å². The average Bonchev–Trinajstić information content (AvgIpc) is 3.21. The zero-order valence-electron chi connectivity index (χ0n) is 13.5. The van der Waals surface area contributed by atoms with Crippen molar-refractivity contribution < 1.29 is 9.26 Å². The number of aromatic nitrogens is 2. The highest BCUT2D eigenvalue weighted by molar-refractivity contribution is 5.31. The van der Waals surface area contributed by atoms with Crippen LogP contribution in [0.5, 0.6) is 5.75 Å². The van der Waals surface area contributed by atoms with Gasteiger partial charge in [-0.25, -0.2) is 0 Å². The summed E-state index contributed by atoms with van der Waals surface area (Å²) in [6.45, 7) is 3.43. The van der Waals surface area contributed by atoms with Crippen LogP contribution in [0, 0.1) is 6.92 Å². The maximum absolute atomic E-state index is 5.83. The van der Waals surface area contributed by atoms with Crippen molar-refractivity contribution in [2.24, 2.45) is 0 Å². The highest BCUT2D eigenvalue weighted by Gasteiger charge is 2.49. The predicted octanol–water partition coefficient (Wildman–Crippen LogP) is 3.13. The Balaban J connectivity index is 1.50. The van der Waals surface area contributed by atoms with Gasteiger partial charge in [-0.05, 0) is 44.4 Å². The van der Waals surface area contributed by atoms with Gasteiger partial charge in [-0.1, -0.05) is 36.2 Å². The van der Waals surface area contributed by atoms with Crippen LogP contribution < -0.4 is 10.1 Å². The average molecular weight is 313 g/mol. The molecule has 0 amide bonds. The van der Waals surface area contributed by atoms with E-state index in [1.807, 2.05) is 31.2 Å². The summed E-state index contributed by atoms with van der Waals surface area (Å²) in [5.74, 6) is 2.31. The zero-order valence-corrected chi connectivity index (χ0v) is 13.5. The van der Waals surface area contributed by atoms with Crippen LogP contribution in [0.3, 0.4) is 0 Å². The van der Waals surface area contributed by atoms with Crippen LogP contribution in [0.15, 0.2) is 28.8 Å². The molecule has 2 aromatic rings. The summed E-state index contributed by atoms with van der Waals surface area (Å²) in [5, 5.41) is 7.77. The van der Waals surface area contributed by atoms with Gasteiger partial charge in [-0.15, -0.1) is 0 Å². The fourth-order valence-corrected chi connectivity index (χ4v) is 4.04. The minimum absolute atomic E-state index is 0.0478. The maximum Gasteiger partial charge on any atom is 0.234 e. The molecule has 23 heavy (non-hydrogen) atoms. The van der Waals surface area contributed by atoms with Gasteiger partial charge >= 0.3 is 0 Å². The van der Waals surface area contributed by atoms with Crippen molar-refractivity contribution in [3.05, 3.63) is 41.5 Å². The zero-order chi connectivity index (χ0) is 15.7. The van der Waals surface area contributed by atoms with E-state index in [2.05, 4.69) is 15.5 Å². The summed E-state index contributed by atoms with van der Waals surface area (Å²) < 4.78 is 11.5. The molecule has 1 aliphatic carbocycles. The fraction of sp³-hybridized carbons (Fsp3) is 0.556. The fourth-order valence-electron chi connectivity index (χ4n) is 4.04. The number of rotatable bonds is 4. The van der Waals surface area contributed by atoms with E-state index < -0.39 is 0 Å². The van der Waals surface area contributed by atoms with Gasteiger partial charge < -0.3 is 14.6 Å². The summed E-state index contributed by atoms with van der Waals surface area (Å²) in [5.41, 5.74) is 1.16. The molecule has 5 nitrogen and oxygen atoms in total. The predicted molar refractivity (Wildman–Crippen MR) is 86.4 cm³/mol. The molecule has 1 aromatic heterocycles. The van der Waals surface area contributed by atoms with Gasteiger partial charge in [0.25, 0.3) is 0 Å². The Bertz CT molecular complexity index is 684. The molecular weight excluding hydrogens is 290 g/mol. The Morgan fingerprint density at radius 2 is 2.22 bits per heavy atom. The highest BCUT2D eigenvalue weighted by atomic mass is 16.5. The molecule has 0 spiro atoms. The van der Waals surface area contributed by atoms with Gasteiger partial charge in [-0.2, -0.15) is 4.98 Å². The van der Waals surface area contributed by atoms with Crippen LogP contribution in [-0.4, -0.2) is 22.7 Å². The van der Waals surface area contributed by atoms with Gasteiger partial charge in [0.15, 0.2) is 6.61 Å². The lowest BCUT2D eigenvalue weighted by molar-refractivity contribution is 0.199. The van der Waals surface area contributed by atoms with E-state index in [0.29, 0.717) is 18.5 Å². The van der Waals surface area contributed by atoms with Crippen LogP contribution in [0.25, 0.3) is 0 Å². The third-order valence-electron chi connectivity index (χ3n) is 5.34. The molecule has 0 radical (unpaired) electrons. The lowest BCUT2D eigenvalue weighted by Crippen LogP contribution is -2.43. The molecule has 2 fully saturated rings. The smallest absolute Gasteiger partial charge is 0.234 e. The first-order valence-electron chi connectivity index (χ1n) is 8.53. The second-order valence-electron chi connectivity index (χ2n) is 6.73. The Morgan fingerprint density at radius 3 is 3.13 bits per heavy atom. The second-order valence-corrected chi connectivity index (χ2v) is 6.73. The summed E-state index contributed by atoms with van der Waals surface area (Å²) in [7, 11) is 0. The Morgan fingerprint density at radius 1 is 1.30 bits per heavy atom. The summed E-state index contributed by atoms with van der Waals surface area (Å²) in [4.78, 5) is 4.67. The Hall–Kier alpha value is -1.88. The normalized spacial score (nSPS) is 26.9. The number of fused-ring (bicyclic) bond motifs is 1. The van der Waals surface area contributed by atoms with Crippen LogP contribution >= 0.6 is 0 Å². The number of benzene rings is 1. The van der Waals surface area contributed by atoms with E-state index >= 15 is 0 Å². The number of aryl methyl sites for hydroxylation is 1. The SMILES string of the molecule is Cc1ccccc1OCc1noc([C@@]23CCCC[C@@H]2NCC3)n1. The van der Waals surface area contributed by atoms with E-state index in [4.69, 9.17) is 9.26 Å². The molecule has 122 valence electrons. The van der Waals surface area contributed by atoms with Crippen molar-refractivity contribution in [1.82, 2.24) is 15.5 Å². The molecule has 5 heteroatoms. The van der Waals surface area contributed by atoms with Crippen LogP contribution in [0.1, 0.15) is 49.4 Å². The number of para-hydroxylation sites is 1. The van der Waals surface area contributed by atoms with Crippen LogP contribution in [-0.2, 0) is 12.0 Å². The first kappa shape index (κ1) is 14.7. The molecule has 1 aliphatic heterocycles. The standard InChI is InChI=1S/C18H23N3O2/c1-13-6-2-3-7-14(13)22-12-16-20-17(23-21-16)18-9-5-4-8-15(18)19-11-10-18/h2-3,6-7,15,19H,4-5,8-12H2,1H3/t15-,18+/m0/s1. The van der Waals surface area contributed by atoms with Gasteiger partial charge in [0, 0.05) is 6.04 Å². The molecule has 1 N–H and O–H groups in total. The van der Waals surface area contributed by atoms with Crippen molar-refractivity contribution in [3.63, 3.8) is 0 Å². The summed E-state index contributed by atoms with van der Waals surface area (Å²) in [6.07, 6.45) is 5.98. The third-order valence-corrected chi connectivity index (χ3v) is 5.34. The van der Waals surface area contributed by atoms with Crippen molar-refractivity contribution in [2.45, 2.75) is 57.1 Å². The Labute approximate surface area is 136 Å². The molecule has 0 bridgehead atoms. The first-order valence-corrected chi connectivity index (χ1v) is 8.53. The third kappa shape index (κ3) is 2.63. The van der Waals surface area contributed by atoms with E-state index in [9.17, 15) is 0 Å². The van der Waals surface area contributed by atoms with Crippen LogP contribution in [0.4, 0.5) is 0 Å². The molecule has 1 saturated heterocycles. The number of nitrogens with one attached hydrogen (secondary N) is 1. The number of ether oxygens (including phenoxy) is 1. The molecule has 0 unspecified atom stereocenters. The number of hydrogen-bond donors (Lipinski definition) is 1. The van der Waals surface area contributed by atoms with Crippen molar-refractivity contribution in [2.75, 3.05) is 6.54 Å². The molecule has 4 rings (SSSR count). The van der Waals surface area contributed by atoms with Crippen LogP contribution in [0.2, 0.25) is 0 Å². The van der Waals surface area contributed by atoms with E-state index in [0.717, 1.165) is 36.6 Å². The molecule has 1 saturated carbocycles. The Kier molecular flexibility index (Phi) is 3.81. The summed E-state index contributed by atoms with van der Waals surface area (Å²) in [6, 6.07) is 8.46. The van der Waals surface area contributed by atoms with Gasteiger partial charge in [0.2, 0.25) is 11.7 Å². The largest absolute Gasteiger partial charge is 0.485 e. The van der Waals surface area contributed by atoms with Gasteiger partial charge in [-0.3, -0.25) is 0 Å². The molecule has 2 atom stereocenters. The summed E-state index contributed by atoms with van der Waals surface area (Å²) >= 11 is 0. The lowest BCUT2D eigenvalue weighted by atomic mass is 9.70. The molecule has 1 aromatic carbocycles. The molecular formula is C18H23N3O2. The van der Waals surface area contributed by atoms with Gasteiger partial charge in [0.05, 0.1) is 5.41 Å². The minimum Gasteiger partial charge on any atom is -0.485 e. The van der Waals surface area contributed by atoms with E-state index in [-0.39, 0.29) is 5.41 Å². The highest BCUT2D eigenvalue weighted by Crippen LogP contribution is 2.44. The maximum atomic E-state index is 5.83. The van der Waals surface area contributed by atoms with Crippen molar-refractivity contribution in [1.29, 1.82) is 0 Å². The number of nitrogens with zero attached hydrogens (tertiary/aromatic N) is 2. The van der Waals surface area contributed by atoms with E-state index in [1.54, 1.807) is 0 Å². The number of hydrogen-bond acceptors (Lipinski definition) is 5. The first-order chi connectivity index (χ1) is 11.3. The lowest BCUT2D eigenvalue weighted by Gasteiger charge is -2.35. The molecule has 2 heterocycles. The van der Waals surface area contributed by atoms with E-state index in [1.165, 1.54) is 19.3 Å².